The van der Waals surface area contributed by atoms with Gasteiger partial charge in [-0.25, -0.2) is 14.8 Å². The molecule has 0 bridgehead atoms. The molecule has 1 fully saturated rings. The highest BCUT2D eigenvalue weighted by Crippen LogP contribution is 2.32. The Kier molecular flexibility index (Phi) is 3.87. The molecule has 1 saturated heterocycles. The molecule has 1 aliphatic rings. The van der Waals surface area contributed by atoms with Crippen LogP contribution >= 0.6 is 0 Å². The number of rotatable bonds is 3. The van der Waals surface area contributed by atoms with Crippen molar-refractivity contribution in [2.75, 3.05) is 18.0 Å². The number of anilines is 1. The van der Waals surface area contributed by atoms with E-state index in [9.17, 15) is 4.79 Å². The molecular formula is C19H19N3O3. The van der Waals surface area contributed by atoms with Crippen molar-refractivity contribution in [2.24, 2.45) is 0 Å². The number of hydrogen-bond acceptors (Lipinski definition) is 5. The number of oxazole rings is 1. The second-order valence-electron chi connectivity index (χ2n) is 6.42. The average Bonchev–Trinajstić information content (AvgIpc) is 3.08. The van der Waals surface area contributed by atoms with Crippen LogP contribution in [0.2, 0.25) is 0 Å². The number of para-hydroxylation sites is 1. The summed E-state index contributed by atoms with van der Waals surface area (Å²) < 4.78 is 6.01. The van der Waals surface area contributed by atoms with E-state index in [0.29, 0.717) is 5.82 Å². The number of carboxylic acids is 1. The number of hydrogen-bond donors (Lipinski definition) is 1. The van der Waals surface area contributed by atoms with Crippen LogP contribution < -0.4 is 4.90 Å². The Balaban J connectivity index is 1.50. The molecule has 1 aliphatic heterocycles. The number of fused-ring (bicyclic) bond motifs is 1. The Bertz CT molecular complexity index is 927. The second kappa shape index (κ2) is 6.20. The number of benzene rings is 1. The van der Waals surface area contributed by atoms with Gasteiger partial charge in [-0.15, -0.1) is 0 Å². The highest BCUT2D eigenvalue weighted by Gasteiger charge is 2.26. The van der Waals surface area contributed by atoms with E-state index in [2.05, 4.69) is 14.9 Å². The Morgan fingerprint density at radius 2 is 1.92 bits per heavy atom. The normalized spacial score (nSPS) is 15.6. The van der Waals surface area contributed by atoms with Crippen LogP contribution in [-0.4, -0.2) is 34.1 Å². The van der Waals surface area contributed by atoms with Gasteiger partial charge in [0.1, 0.15) is 11.3 Å². The molecule has 3 aromatic rings. The van der Waals surface area contributed by atoms with Crippen molar-refractivity contribution in [3.8, 4) is 0 Å². The zero-order valence-electron chi connectivity index (χ0n) is 14.0. The lowest BCUT2D eigenvalue weighted by Gasteiger charge is -2.31. The van der Waals surface area contributed by atoms with Crippen molar-refractivity contribution in [2.45, 2.75) is 25.7 Å². The van der Waals surface area contributed by atoms with Crippen LogP contribution in [-0.2, 0) is 0 Å². The summed E-state index contributed by atoms with van der Waals surface area (Å²) in [5.74, 6) is 0.798. The number of aromatic nitrogens is 2. The molecule has 0 spiro atoms. The van der Waals surface area contributed by atoms with Crippen LogP contribution in [0.5, 0.6) is 0 Å². The van der Waals surface area contributed by atoms with Gasteiger partial charge in [0, 0.05) is 19.0 Å². The summed E-state index contributed by atoms with van der Waals surface area (Å²) in [6, 6.07) is 11.1. The van der Waals surface area contributed by atoms with Crippen LogP contribution in [0.3, 0.4) is 0 Å². The number of pyridine rings is 1. The Labute approximate surface area is 145 Å². The van der Waals surface area contributed by atoms with Gasteiger partial charge in [0.05, 0.1) is 0 Å². The monoisotopic (exact) mass is 337 g/mol. The maximum absolute atomic E-state index is 11.1. The predicted molar refractivity (Wildman–Crippen MR) is 94.1 cm³/mol. The summed E-state index contributed by atoms with van der Waals surface area (Å²) in [4.78, 5) is 22.1. The molecular weight excluding hydrogens is 318 g/mol. The Hall–Kier alpha value is -2.89. The first-order chi connectivity index (χ1) is 12.1. The molecule has 0 unspecified atom stereocenters. The number of nitrogens with zero attached hydrogens (tertiary/aromatic N) is 3. The molecule has 0 radical (unpaired) electrons. The molecule has 25 heavy (non-hydrogen) atoms. The topological polar surface area (TPSA) is 79.5 Å². The van der Waals surface area contributed by atoms with Crippen LogP contribution in [0, 0.1) is 6.92 Å². The van der Waals surface area contributed by atoms with E-state index in [1.807, 2.05) is 31.2 Å². The molecule has 6 heteroatoms. The molecule has 0 amide bonds. The first-order valence-corrected chi connectivity index (χ1v) is 8.43. The van der Waals surface area contributed by atoms with Gasteiger partial charge in [-0.05, 0) is 43.5 Å². The van der Waals surface area contributed by atoms with Gasteiger partial charge in [0.25, 0.3) is 0 Å². The summed E-state index contributed by atoms with van der Waals surface area (Å²) in [6.07, 6.45) is 1.82. The zero-order chi connectivity index (χ0) is 17.4. The van der Waals surface area contributed by atoms with E-state index in [0.717, 1.165) is 48.5 Å². The molecule has 1 aromatic carbocycles. The second-order valence-corrected chi connectivity index (χ2v) is 6.42. The van der Waals surface area contributed by atoms with E-state index >= 15 is 0 Å². The number of piperidine rings is 1. The van der Waals surface area contributed by atoms with Gasteiger partial charge in [-0.2, -0.15) is 0 Å². The fraction of sp³-hybridized carbons (Fsp3) is 0.316. The highest BCUT2D eigenvalue weighted by molar-refractivity contribution is 5.85. The molecule has 0 aliphatic carbocycles. The third-order valence-electron chi connectivity index (χ3n) is 4.75. The summed E-state index contributed by atoms with van der Waals surface area (Å²) in [5.41, 5.74) is 2.96. The van der Waals surface area contributed by atoms with Gasteiger partial charge in [0.15, 0.2) is 17.2 Å². The lowest BCUT2D eigenvalue weighted by atomic mass is 9.97. The minimum absolute atomic E-state index is 0.0778. The largest absolute Gasteiger partial charge is 0.477 e. The lowest BCUT2D eigenvalue weighted by molar-refractivity contribution is 0.0690. The van der Waals surface area contributed by atoms with Gasteiger partial charge in [-0.3, -0.25) is 0 Å². The van der Waals surface area contributed by atoms with Crippen LogP contribution in [0.1, 0.15) is 40.7 Å². The maximum Gasteiger partial charge on any atom is 0.354 e. The van der Waals surface area contributed by atoms with Crippen molar-refractivity contribution >= 4 is 22.9 Å². The van der Waals surface area contributed by atoms with Gasteiger partial charge in [0.2, 0.25) is 0 Å². The third-order valence-corrected chi connectivity index (χ3v) is 4.75. The van der Waals surface area contributed by atoms with Gasteiger partial charge >= 0.3 is 5.97 Å². The molecule has 0 saturated carbocycles. The smallest absolute Gasteiger partial charge is 0.354 e. The summed E-state index contributed by atoms with van der Waals surface area (Å²) in [5, 5.41) is 9.09. The molecule has 3 heterocycles. The van der Waals surface area contributed by atoms with E-state index in [1.54, 1.807) is 6.07 Å². The van der Waals surface area contributed by atoms with Gasteiger partial charge in [-0.1, -0.05) is 18.2 Å². The first-order valence-electron chi connectivity index (χ1n) is 8.43. The number of aryl methyl sites for hydroxylation is 1. The zero-order valence-corrected chi connectivity index (χ0v) is 14.0. The number of carboxylic acid groups (broad SMARTS) is 1. The minimum Gasteiger partial charge on any atom is -0.477 e. The van der Waals surface area contributed by atoms with Crippen molar-refractivity contribution in [3.63, 3.8) is 0 Å². The van der Waals surface area contributed by atoms with Gasteiger partial charge < -0.3 is 14.4 Å². The fourth-order valence-corrected chi connectivity index (χ4v) is 3.35. The lowest BCUT2D eigenvalue weighted by Crippen LogP contribution is -2.33. The molecule has 4 rings (SSSR count). The van der Waals surface area contributed by atoms with Crippen LogP contribution in [0.4, 0.5) is 5.82 Å². The average molecular weight is 337 g/mol. The Morgan fingerprint density at radius 1 is 1.16 bits per heavy atom. The summed E-state index contributed by atoms with van der Waals surface area (Å²) in [7, 11) is 0. The highest BCUT2D eigenvalue weighted by atomic mass is 16.4. The summed E-state index contributed by atoms with van der Waals surface area (Å²) in [6.45, 7) is 3.64. The number of carbonyl (C=O) groups is 1. The molecule has 0 atom stereocenters. The quantitative estimate of drug-likeness (QED) is 0.786. The van der Waals surface area contributed by atoms with E-state index < -0.39 is 5.97 Å². The van der Waals surface area contributed by atoms with Crippen molar-refractivity contribution < 1.29 is 14.3 Å². The first kappa shape index (κ1) is 15.6. The van der Waals surface area contributed by atoms with E-state index in [1.165, 1.54) is 6.07 Å². The molecule has 2 aromatic heterocycles. The van der Waals surface area contributed by atoms with E-state index in [4.69, 9.17) is 9.52 Å². The van der Waals surface area contributed by atoms with E-state index in [-0.39, 0.29) is 11.6 Å². The maximum atomic E-state index is 11.1. The summed E-state index contributed by atoms with van der Waals surface area (Å²) >= 11 is 0. The standard InChI is InChI=1S/C19H19N3O3/c1-12-4-2-5-14-17(12)25-18(21-14)13-8-10-22(11-9-13)16-7-3-6-15(20-16)19(23)24/h2-7,13H,8-11H2,1H3,(H,23,24). The predicted octanol–water partition coefficient (Wildman–Crippen LogP) is 3.61. The Morgan fingerprint density at radius 3 is 2.64 bits per heavy atom. The van der Waals surface area contributed by atoms with Crippen molar-refractivity contribution in [3.05, 3.63) is 53.5 Å². The fourth-order valence-electron chi connectivity index (χ4n) is 3.35. The third kappa shape index (κ3) is 2.95. The molecule has 6 nitrogen and oxygen atoms in total. The van der Waals surface area contributed by atoms with Crippen molar-refractivity contribution in [1.82, 2.24) is 9.97 Å². The van der Waals surface area contributed by atoms with Crippen molar-refractivity contribution in [1.29, 1.82) is 0 Å². The van der Waals surface area contributed by atoms with Crippen LogP contribution in [0.25, 0.3) is 11.1 Å². The van der Waals surface area contributed by atoms with Crippen LogP contribution in [0.15, 0.2) is 40.8 Å². The molecule has 128 valence electrons. The minimum atomic E-state index is -1.00. The number of aromatic carboxylic acids is 1. The SMILES string of the molecule is Cc1cccc2nc(C3CCN(c4cccc(C(=O)O)n4)CC3)oc12. The molecule has 1 N–H and O–H groups in total.